The van der Waals surface area contributed by atoms with E-state index >= 15 is 0 Å². The third-order valence-corrected chi connectivity index (χ3v) is 2.11. The molecule has 76 valence electrons. The Morgan fingerprint density at radius 3 is 2.73 bits per heavy atom. The van der Waals surface area contributed by atoms with Crippen LogP contribution in [0, 0.1) is 0 Å². The van der Waals surface area contributed by atoms with Crippen LogP contribution in [0.2, 0.25) is 0 Å². The van der Waals surface area contributed by atoms with Gasteiger partial charge >= 0.3 is 0 Å². The topological polar surface area (TPSA) is 61.7 Å². The summed E-state index contributed by atoms with van der Waals surface area (Å²) in [6.07, 6.45) is 1.71. The Labute approximate surface area is 86.9 Å². The van der Waals surface area contributed by atoms with Gasteiger partial charge in [-0.2, -0.15) is 5.10 Å². The fourth-order valence-electron chi connectivity index (χ4n) is 1.36. The van der Waals surface area contributed by atoms with Gasteiger partial charge in [0, 0.05) is 0 Å². The molecule has 2 N–H and O–H groups in total. The van der Waals surface area contributed by atoms with Crippen molar-refractivity contribution in [2.24, 2.45) is 5.10 Å². The van der Waals surface area contributed by atoms with Crippen molar-refractivity contribution in [2.45, 2.75) is 0 Å². The third-order valence-electron chi connectivity index (χ3n) is 2.11. The number of hydrogen-bond acceptors (Lipinski definition) is 3. The van der Waals surface area contributed by atoms with Gasteiger partial charge in [-0.1, -0.05) is 30.3 Å². The quantitative estimate of drug-likeness (QED) is 0.688. The van der Waals surface area contributed by atoms with E-state index in [0.29, 0.717) is 11.3 Å². The Bertz CT molecular complexity index is 435. The number of carbonyl (C=O) groups excluding carboxylic acids is 1. The molecular formula is C11H10N2O2. The fourth-order valence-corrected chi connectivity index (χ4v) is 1.36. The second-order valence-electron chi connectivity index (χ2n) is 3.13. The third kappa shape index (κ3) is 1.94. The lowest BCUT2D eigenvalue weighted by molar-refractivity contribution is -0.116. The molecule has 1 aliphatic rings. The summed E-state index contributed by atoms with van der Waals surface area (Å²) < 4.78 is 0. The number of hydrazone groups is 1. The highest BCUT2D eigenvalue weighted by Crippen LogP contribution is 2.11. The van der Waals surface area contributed by atoms with Crippen molar-refractivity contribution in [2.75, 3.05) is 6.61 Å². The van der Waals surface area contributed by atoms with Gasteiger partial charge in [-0.3, -0.25) is 4.79 Å². The van der Waals surface area contributed by atoms with Gasteiger partial charge in [0.05, 0.1) is 17.9 Å². The molecule has 0 saturated heterocycles. The molecule has 15 heavy (non-hydrogen) atoms. The molecule has 1 heterocycles. The Morgan fingerprint density at radius 2 is 2.07 bits per heavy atom. The summed E-state index contributed by atoms with van der Waals surface area (Å²) in [4.78, 5) is 11.3. The number of aliphatic hydroxyl groups excluding tert-OH is 1. The maximum atomic E-state index is 11.3. The molecule has 0 fully saturated rings. The van der Waals surface area contributed by atoms with Crippen LogP contribution in [-0.4, -0.2) is 23.3 Å². The van der Waals surface area contributed by atoms with Gasteiger partial charge in [0.1, 0.15) is 0 Å². The second kappa shape index (κ2) is 4.06. The highest BCUT2D eigenvalue weighted by molar-refractivity contribution is 6.27. The number of nitrogens with one attached hydrogen (secondary N) is 1. The largest absolute Gasteiger partial charge is 0.390 e. The van der Waals surface area contributed by atoms with Crippen molar-refractivity contribution in [1.29, 1.82) is 0 Å². The summed E-state index contributed by atoms with van der Waals surface area (Å²) in [7, 11) is 0. The van der Waals surface area contributed by atoms with Crippen molar-refractivity contribution < 1.29 is 9.90 Å². The van der Waals surface area contributed by atoms with Crippen LogP contribution in [0.5, 0.6) is 0 Å². The van der Waals surface area contributed by atoms with Crippen molar-refractivity contribution in [3.05, 3.63) is 41.5 Å². The van der Waals surface area contributed by atoms with Gasteiger partial charge in [0.25, 0.3) is 5.91 Å². The Morgan fingerprint density at radius 1 is 1.33 bits per heavy atom. The van der Waals surface area contributed by atoms with Gasteiger partial charge in [-0.15, -0.1) is 0 Å². The van der Waals surface area contributed by atoms with E-state index in [2.05, 4.69) is 10.5 Å². The molecule has 0 spiro atoms. The summed E-state index contributed by atoms with van der Waals surface area (Å²) in [6.45, 7) is -0.239. The lowest BCUT2D eigenvalue weighted by atomic mass is 10.1. The van der Waals surface area contributed by atoms with Crippen LogP contribution in [0.4, 0.5) is 0 Å². The molecule has 0 atom stereocenters. The molecule has 0 radical (unpaired) electrons. The Hall–Kier alpha value is -1.94. The summed E-state index contributed by atoms with van der Waals surface area (Å²) in [5, 5.41) is 12.7. The zero-order valence-corrected chi connectivity index (χ0v) is 7.97. The van der Waals surface area contributed by atoms with Gasteiger partial charge in [-0.05, 0) is 11.6 Å². The average Bonchev–Trinajstić information content (AvgIpc) is 2.62. The van der Waals surface area contributed by atoms with Crippen LogP contribution >= 0.6 is 0 Å². The van der Waals surface area contributed by atoms with Gasteiger partial charge in [0.2, 0.25) is 0 Å². The predicted octanol–water partition coefficient (Wildman–Crippen LogP) is 0.548. The van der Waals surface area contributed by atoms with E-state index < -0.39 is 0 Å². The van der Waals surface area contributed by atoms with Crippen LogP contribution in [0.15, 0.2) is 41.0 Å². The lowest BCUT2D eigenvalue weighted by Gasteiger charge is -1.97. The van der Waals surface area contributed by atoms with Crippen LogP contribution in [0.3, 0.4) is 0 Å². The SMILES string of the molecule is O=C1NN=C(CO)/C1=C/c1ccccc1. The van der Waals surface area contributed by atoms with Gasteiger partial charge in [0.15, 0.2) is 0 Å². The van der Waals surface area contributed by atoms with Crippen molar-refractivity contribution in [1.82, 2.24) is 5.43 Å². The molecule has 1 aromatic rings. The maximum Gasteiger partial charge on any atom is 0.273 e. The minimum absolute atomic E-state index is 0.239. The first-order chi connectivity index (χ1) is 7.31. The van der Waals surface area contributed by atoms with Crippen LogP contribution in [0.25, 0.3) is 6.08 Å². The van der Waals surface area contributed by atoms with Crippen molar-refractivity contribution >= 4 is 17.7 Å². The van der Waals surface area contributed by atoms with E-state index in [1.54, 1.807) is 6.08 Å². The maximum absolute atomic E-state index is 11.3. The number of aliphatic hydroxyl groups is 1. The standard InChI is InChI=1S/C11H10N2O2/c14-7-10-9(11(15)13-12-10)6-8-4-2-1-3-5-8/h1-6,14H,7H2,(H,13,15)/b9-6-. The molecule has 0 saturated carbocycles. The summed E-state index contributed by atoms with van der Waals surface area (Å²) in [5.41, 5.74) is 4.02. The van der Waals surface area contributed by atoms with Crippen molar-refractivity contribution in [3.63, 3.8) is 0 Å². The predicted molar refractivity (Wildman–Crippen MR) is 57.1 cm³/mol. The number of nitrogens with zero attached hydrogens (tertiary/aromatic N) is 1. The molecule has 2 rings (SSSR count). The van der Waals surface area contributed by atoms with E-state index in [1.807, 2.05) is 30.3 Å². The monoisotopic (exact) mass is 202 g/mol. The van der Waals surface area contributed by atoms with Gasteiger partial charge < -0.3 is 5.11 Å². The molecule has 0 aromatic heterocycles. The molecule has 1 aliphatic heterocycles. The highest BCUT2D eigenvalue weighted by atomic mass is 16.3. The zero-order valence-electron chi connectivity index (χ0n) is 7.97. The average molecular weight is 202 g/mol. The minimum Gasteiger partial charge on any atom is -0.390 e. The molecular weight excluding hydrogens is 192 g/mol. The zero-order chi connectivity index (χ0) is 10.7. The number of carbonyl (C=O) groups is 1. The molecule has 0 aliphatic carbocycles. The van der Waals surface area contributed by atoms with E-state index in [9.17, 15) is 4.79 Å². The van der Waals surface area contributed by atoms with Crippen LogP contribution in [-0.2, 0) is 4.79 Å². The molecule has 0 bridgehead atoms. The van der Waals surface area contributed by atoms with Crippen LogP contribution < -0.4 is 5.43 Å². The fraction of sp³-hybridized carbons (Fsp3) is 0.0909. The molecule has 1 aromatic carbocycles. The van der Waals surface area contributed by atoms with E-state index in [-0.39, 0.29) is 12.5 Å². The lowest BCUT2D eigenvalue weighted by Crippen LogP contribution is -2.14. The normalized spacial score (nSPS) is 17.8. The highest BCUT2D eigenvalue weighted by Gasteiger charge is 2.21. The van der Waals surface area contributed by atoms with E-state index in [0.717, 1.165) is 5.56 Å². The van der Waals surface area contributed by atoms with E-state index in [1.165, 1.54) is 0 Å². The number of amides is 1. The summed E-state index contributed by atoms with van der Waals surface area (Å²) in [6, 6.07) is 9.43. The second-order valence-corrected chi connectivity index (χ2v) is 3.13. The smallest absolute Gasteiger partial charge is 0.273 e. The van der Waals surface area contributed by atoms with Crippen molar-refractivity contribution in [3.8, 4) is 0 Å². The van der Waals surface area contributed by atoms with E-state index in [4.69, 9.17) is 5.11 Å². The molecule has 4 heteroatoms. The summed E-state index contributed by atoms with van der Waals surface area (Å²) >= 11 is 0. The minimum atomic E-state index is -0.275. The number of rotatable bonds is 2. The first-order valence-corrected chi connectivity index (χ1v) is 4.56. The molecule has 1 amide bonds. The Kier molecular flexibility index (Phi) is 2.60. The molecule has 0 unspecified atom stereocenters. The molecule has 4 nitrogen and oxygen atoms in total. The first kappa shape index (κ1) is 9.61. The summed E-state index contributed by atoms with van der Waals surface area (Å²) in [5.74, 6) is -0.275. The Balaban J connectivity index is 2.34. The van der Waals surface area contributed by atoms with Gasteiger partial charge in [-0.25, -0.2) is 5.43 Å². The van der Waals surface area contributed by atoms with Crippen LogP contribution in [0.1, 0.15) is 5.56 Å². The first-order valence-electron chi connectivity index (χ1n) is 4.56. The number of benzene rings is 1. The number of hydrogen-bond donors (Lipinski definition) is 2.